The fourth-order valence-electron chi connectivity index (χ4n) is 5.11. The van der Waals surface area contributed by atoms with E-state index in [4.69, 9.17) is 0 Å². The minimum Gasteiger partial charge on any atom is -0.355 e. The van der Waals surface area contributed by atoms with E-state index in [-0.39, 0.29) is 5.41 Å². The van der Waals surface area contributed by atoms with Gasteiger partial charge < -0.3 is 5.32 Å². The average molecular weight is 412 g/mol. The zero-order chi connectivity index (χ0) is 21.7. The first-order chi connectivity index (χ1) is 15.6. The third-order valence-electron chi connectivity index (χ3n) is 6.82. The summed E-state index contributed by atoms with van der Waals surface area (Å²) in [5.41, 5.74) is 10.2. The topological polar surface area (TPSA) is 12.0 Å². The molecule has 1 aliphatic rings. The van der Waals surface area contributed by atoms with Crippen LogP contribution >= 0.6 is 0 Å². The monoisotopic (exact) mass is 411 g/mol. The van der Waals surface area contributed by atoms with Gasteiger partial charge in [-0.2, -0.15) is 0 Å². The Labute approximate surface area is 189 Å². The first-order valence-corrected chi connectivity index (χ1v) is 11.2. The summed E-state index contributed by atoms with van der Waals surface area (Å²) in [4.78, 5) is 0. The Hall–Kier alpha value is -3.84. The highest BCUT2D eigenvalue weighted by Gasteiger charge is 2.34. The number of nitrogens with one attached hydrogen (secondary N) is 1. The highest BCUT2D eigenvalue weighted by atomic mass is 14.9. The molecule has 0 bridgehead atoms. The minimum atomic E-state index is 0.0421. The average Bonchev–Trinajstić information content (AvgIpc) is 3.06. The van der Waals surface area contributed by atoms with Crippen LogP contribution in [0.3, 0.4) is 0 Å². The third-order valence-corrected chi connectivity index (χ3v) is 6.82. The summed E-state index contributed by atoms with van der Waals surface area (Å²) in [6, 6.07) is 39.4. The van der Waals surface area contributed by atoms with E-state index in [0.29, 0.717) is 0 Å². The lowest BCUT2D eigenvalue weighted by Gasteiger charge is -2.21. The second-order valence-electron chi connectivity index (χ2n) is 9.20. The van der Waals surface area contributed by atoms with Gasteiger partial charge in [0.25, 0.3) is 0 Å². The van der Waals surface area contributed by atoms with Crippen LogP contribution in [-0.2, 0) is 5.41 Å². The molecule has 0 amide bonds. The maximum absolute atomic E-state index is 3.64. The molecular weight excluding hydrogens is 386 g/mol. The minimum absolute atomic E-state index is 0.0421. The molecule has 0 unspecified atom stereocenters. The Morgan fingerprint density at radius 2 is 1.22 bits per heavy atom. The van der Waals surface area contributed by atoms with Crippen LogP contribution in [0.25, 0.3) is 33.0 Å². The first kappa shape index (κ1) is 18.9. The van der Waals surface area contributed by atoms with Crippen LogP contribution in [0.2, 0.25) is 0 Å². The summed E-state index contributed by atoms with van der Waals surface area (Å²) in [7, 11) is 0. The van der Waals surface area contributed by atoms with E-state index in [1.54, 1.807) is 0 Å². The number of hydrogen-bond acceptors (Lipinski definition) is 1. The molecule has 1 aliphatic carbocycles. The van der Waals surface area contributed by atoms with E-state index >= 15 is 0 Å². The van der Waals surface area contributed by atoms with Crippen molar-refractivity contribution in [1.29, 1.82) is 0 Å². The van der Waals surface area contributed by atoms with Crippen LogP contribution in [-0.4, -0.2) is 0 Å². The smallest absolute Gasteiger partial charge is 0.0390 e. The molecule has 0 heterocycles. The molecule has 0 saturated heterocycles. The highest BCUT2D eigenvalue weighted by molar-refractivity contribution is 5.88. The zero-order valence-corrected chi connectivity index (χ0v) is 18.4. The fraction of sp³-hybridized carbons (Fsp3) is 0.0968. The number of anilines is 2. The van der Waals surface area contributed by atoms with Crippen molar-refractivity contribution in [1.82, 2.24) is 0 Å². The van der Waals surface area contributed by atoms with Crippen molar-refractivity contribution in [2.24, 2.45) is 0 Å². The van der Waals surface area contributed by atoms with Gasteiger partial charge in [0.05, 0.1) is 0 Å². The van der Waals surface area contributed by atoms with E-state index in [1.165, 1.54) is 44.2 Å². The lowest BCUT2D eigenvalue weighted by atomic mass is 9.82. The Kier molecular flexibility index (Phi) is 4.19. The molecule has 1 N–H and O–H groups in total. The van der Waals surface area contributed by atoms with Crippen LogP contribution in [0.5, 0.6) is 0 Å². The molecule has 0 fully saturated rings. The first-order valence-electron chi connectivity index (χ1n) is 11.2. The standard InChI is InChI=1S/C31H25N/c1-31(2)29-13-6-5-12-27(29)28-20-26(16-17-30(28)31)32-25-11-7-10-23(19-25)24-15-14-21-8-3-4-9-22(21)18-24/h3-20,32H,1-2H3. The van der Waals surface area contributed by atoms with Crippen molar-refractivity contribution in [3.63, 3.8) is 0 Å². The summed E-state index contributed by atoms with van der Waals surface area (Å²) in [5.74, 6) is 0. The third kappa shape index (κ3) is 3.01. The van der Waals surface area contributed by atoms with E-state index in [9.17, 15) is 0 Å². The second-order valence-corrected chi connectivity index (χ2v) is 9.20. The van der Waals surface area contributed by atoms with Gasteiger partial charge in [-0.15, -0.1) is 0 Å². The summed E-state index contributed by atoms with van der Waals surface area (Å²) in [6.45, 7) is 4.63. The SMILES string of the molecule is CC1(C)c2ccccc2-c2cc(Nc3cccc(-c4ccc5ccccc5c4)c3)ccc21. The fourth-order valence-corrected chi connectivity index (χ4v) is 5.11. The van der Waals surface area contributed by atoms with Gasteiger partial charge in [0.15, 0.2) is 0 Å². The molecule has 1 heteroatoms. The maximum Gasteiger partial charge on any atom is 0.0390 e. The van der Waals surface area contributed by atoms with Gasteiger partial charge in [-0.3, -0.25) is 0 Å². The van der Waals surface area contributed by atoms with Gasteiger partial charge in [-0.1, -0.05) is 92.7 Å². The van der Waals surface area contributed by atoms with Crippen molar-refractivity contribution in [3.8, 4) is 22.3 Å². The predicted molar refractivity (Wildman–Crippen MR) is 137 cm³/mol. The Balaban J connectivity index is 1.35. The lowest BCUT2D eigenvalue weighted by Crippen LogP contribution is -2.14. The summed E-state index contributed by atoms with van der Waals surface area (Å²) in [5, 5.41) is 6.18. The zero-order valence-electron chi connectivity index (χ0n) is 18.4. The normalized spacial score (nSPS) is 13.6. The Bertz CT molecular complexity index is 1480. The molecular formula is C31H25N. The molecule has 5 aromatic carbocycles. The van der Waals surface area contributed by atoms with Crippen molar-refractivity contribution < 1.29 is 0 Å². The van der Waals surface area contributed by atoms with E-state index in [1.807, 2.05) is 0 Å². The molecule has 0 atom stereocenters. The predicted octanol–water partition coefficient (Wildman–Crippen LogP) is 8.56. The Morgan fingerprint density at radius 1 is 0.500 bits per heavy atom. The van der Waals surface area contributed by atoms with Crippen LogP contribution in [0.15, 0.2) is 109 Å². The van der Waals surface area contributed by atoms with Gasteiger partial charge >= 0.3 is 0 Å². The molecule has 1 nitrogen and oxygen atoms in total. The molecule has 0 spiro atoms. The summed E-state index contributed by atoms with van der Waals surface area (Å²) < 4.78 is 0. The van der Waals surface area contributed by atoms with Crippen molar-refractivity contribution >= 4 is 22.1 Å². The van der Waals surface area contributed by atoms with Crippen molar-refractivity contribution in [3.05, 3.63) is 120 Å². The van der Waals surface area contributed by atoms with Gasteiger partial charge in [0.2, 0.25) is 0 Å². The number of fused-ring (bicyclic) bond motifs is 4. The van der Waals surface area contributed by atoms with E-state index in [2.05, 4.69) is 128 Å². The molecule has 6 rings (SSSR count). The molecule has 0 radical (unpaired) electrons. The summed E-state index contributed by atoms with van der Waals surface area (Å²) >= 11 is 0. The van der Waals surface area contributed by atoms with Crippen LogP contribution in [0, 0.1) is 0 Å². The van der Waals surface area contributed by atoms with Gasteiger partial charge in [-0.25, -0.2) is 0 Å². The van der Waals surface area contributed by atoms with Crippen molar-refractivity contribution in [2.45, 2.75) is 19.3 Å². The molecule has 0 aliphatic heterocycles. The van der Waals surface area contributed by atoms with Gasteiger partial charge in [0.1, 0.15) is 0 Å². The number of hydrogen-bond donors (Lipinski definition) is 1. The van der Waals surface area contributed by atoms with E-state index in [0.717, 1.165) is 11.4 Å². The highest BCUT2D eigenvalue weighted by Crippen LogP contribution is 2.49. The molecule has 0 aromatic heterocycles. The number of benzene rings is 5. The van der Waals surface area contributed by atoms with Gasteiger partial charge in [-0.05, 0) is 74.5 Å². The maximum atomic E-state index is 3.64. The lowest BCUT2D eigenvalue weighted by molar-refractivity contribution is 0.660. The van der Waals surface area contributed by atoms with Crippen LogP contribution in [0.1, 0.15) is 25.0 Å². The van der Waals surface area contributed by atoms with E-state index < -0.39 is 0 Å². The molecule has 154 valence electrons. The van der Waals surface area contributed by atoms with Gasteiger partial charge in [0, 0.05) is 16.8 Å². The molecule has 5 aromatic rings. The largest absolute Gasteiger partial charge is 0.355 e. The molecule has 0 saturated carbocycles. The summed E-state index contributed by atoms with van der Waals surface area (Å²) in [6.07, 6.45) is 0. The Morgan fingerprint density at radius 3 is 2.12 bits per heavy atom. The second kappa shape index (κ2) is 7.10. The van der Waals surface area contributed by atoms with Crippen LogP contribution in [0.4, 0.5) is 11.4 Å². The van der Waals surface area contributed by atoms with Crippen LogP contribution < -0.4 is 5.32 Å². The quantitative estimate of drug-likeness (QED) is 0.313. The number of rotatable bonds is 3. The van der Waals surface area contributed by atoms with Crippen molar-refractivity contribution in [2.75, 3.05) is 5.32 Å². The molecule has 32 heavy (non-hydrogen) atoms.